The molecule has 1 aliphatic heterocycles. The Labute approximate surface area is 193 Å². The third kappa shape index (κ3) is 7.36. The molecule has 0 amide bonds. The first kappa shape index (κ1) is 26.6. The summed E-state index contributed by atoms with van der Waals surface area (Å²) in [5, 5.41) is 0. The molecular weight excluding hydrogens is 419 g/mol. The van der Waals surface area contributed by atoms with E-state index in [1.54, 1.807) is 16.9 Å². The van der Waals surface area contributed by atoms with Gasteiger partial charge in [-0.3, -0.25) is 4.79 Å². The van der Waals surface area contributed by atoms with Crippen LogP contribution in [0.15, 0.2) is 48.5 Å². The van der Waals surface area contributed by atoms with Gasteiger partial charge in [-0.1, -0.05) is 42.5 Å². The van der Waals surface area contributed by atoms with Crippen molar-refractivity contribution in [3.05, 3.63) is 70.8 Å². The highest BCUT2D eigenvalue weighted by Gasteiger charge is 2.26. The van der Waals surface area contributed by atoms with E-state index < -0.39 is 0 Å². The summed E-state index contributed by atoms with van der Waals surface area (Å²) >= 11 is 0. The molecule has 0 spiro atoms. The first-order valence-electron chi connectivity index (χ1n) is 10.4. The Morgan fingerprint density at radius 2 is 1.57 bits per heavy atom. The topological polar surface area (TPSA) is 35.2 Å². The van der Waals surface area contributed by atoms with Gasteiger partial charge in [0.25, 0.3) is 0 Å². The summed E-state index contributed by atoms with van der Waals surface area (Å²) in [4.78, 5) is 15.7. The highest BCUT2D eigenvalue weighted by molar-refractivity contribution is 5.96. The monoisotopic (exact) mass is 452 g/mol. The molecule has 0 aliphatic carbocycles. The molecule has 2 N–H and O–H groups in total. The Kier molecular flexibility index (Phi) is 11.6. The van der Waals surface area contributed by atoms with Crippen molar-refractivity contribution in [1.29, 1.82) is 0 Å². The molecule has 166 valence electrons. The number of halogens is 2. The summed E-state index contributed by atoms with van der Waals surface area (Å²) < 4.78 is 5.74. The number of ketones is 1. The molecule has 1 fully saturated rings. The number of hydrogen-bond acceptors (Lipinski definition) is 2. The number of benzene rings is 2. The zero-order valence-corrected chi connectivity index (χ0v) is 19.7. The van der Waals surface area contributed by atoms with Crippen LogP contribution in [0.1, 0.15) is 39.6 Å². The lowest BCUT2D eigenvalue weighted by molar-refractivity contribution is -1.01. The molecule has 1 saturated heterocycles. The van der Waals surface area contributed by atoms with Crippen LogP contribution in [0.2, 0.25) is 0 Å². The Morgan fingerprint density at radius 3 is 2.17 bits per heavy atom. The maximum Gasteiger partial charge on any atom is 0.168 e. The van der Waals surface area contributed by atoms with Gasteiger partial charge in [-0.05, 0) is 36.6 Å². The fraction of sp³-hybridized carbons (Fsp3) is 0.458. The van der Waals surface area contributed by atoms with E-state index in [2.05, 4.69) is 44.2 Å². The quantitative estimate of drug-likeness (QED) is 0.393. The molecule has 1 aliphatic rings. The molecule has 0 bridgehead atoms. The maximum absolute atomic E-state index is 12.5. The van der Waals surface area contributed by atoms with Crippen LogP contribution in [0, 0.1) is 13.8 Å². The molecule has 2 aromatic carbocycles. The van der Waals surface area contributed by atoms with Gasteiger partial charge in [-0.15, -0.1) is 0 Å². The van der Waals surface area contributed by atoms with Crippen LogP contribution in [0.5, 0.6) is 0 Å². The maximum atomic E-state index is 12.5. The number of ether oxygens (including phenoxy) is 1. The lowest BCUT2D eigenvalue weighted by Crippen LogP contribution is -3.28. The second kappa shape index (κ2) is 13.1. The van der Waals surface area contributed by atoms with E-state index in [0.29, 0.717) is 6.42 Å². The van der Waals surface area contributed by atoms with Gasteiger partial charge >= 0.3 is 0 Å². The third-order valence-electron chi connectivity index (χ3n) is 6.13. The van der Waals surface area contributed by atoms with E-state index in [-0.39, 0.29) is 36.7 Å². The van der Waals surface area contributed by atoms with Crippen LogP contribution in [0.3, 0.4) is 0 Å². The molecule has 1 atom stereocenters. The fourth-order valence-corrected chi connectivity index (χ4v) is 4.03. The predicted molar refractivity (Wildman–Crippen MR) is 112 cm³/mol. The summed E-state index contributed by atoms with van der Waals surface area (Å²) in [5.41, 5.74) is 4.55. The Morgan fingerprint density at radius 1 is 0.933 bits per heavy atom. The molecule has 2 aromatic rings. The van der Waals surface area contributed by atoms with Crippen molar-refractivity contribution < 1.29 is 44.1 Å². The van der Waals surface area contributed by atoms with E-state index in [1.807, 2.05) is 18.2 Å². The van der Waals surface area contributed by atoms with Crippen molar-refractivity contribution in [2.45, 2.75) is 26.4 Å². The van der Waals surface area contributed by atoms with Gasteiger partial charge in [0.1, 0.15) is 38.8 Å². The van der Waals surface area contributed by atoms with Gasteiger partial charge in [-0.2, -0.15) is 0 Å². The zero-order valence-electron chi connectivity index (χ0n) is 18.2. The van der Waals surface area contributed by atoms with E-state index in [0.717, 1.165) is 44.8 Å². The van der Waals surface area contributed by atoms with Gasteiger partial charge in [-0.25, -0.2) is 0 Å². The number of carbonyl (C=O) groups excluding carboxylic acids is 1. The number of aryl methyl sites for hydroxylation is 2. The number of hydrogen-bond donors (Lipinski definition) is 2. The van der Waals surface area contributed by atoms with E-state index >= 15 is 0 Å². The highest BCUT2D eigenvalue weighted by atomic mass is 35.5. The molecule has 30 heavy (non-hydrogen) atoms. The third-order valence-corrected chi connectivity index (χ3v) is 6.13. The van der Waals surface area contributed by atoms with Crippen molar-refractivity contribution in [2.24, 2.45) is 0 Å². The van der Waals surface area contributed by atoms with Gasteiger partial charge in [0.15, 0.2) is 5.78 Å². The molecule has 1 unspecified atom stereocenters. The number of piperazine rings is 1. The van der Waals surface area contributed by atoms with Crippen LogP contribution in [0.25, 0.3) is 0 Å². The molecular formula is C24H34Cl2N2O2. The highest BCUT2D eigenvalue weighted by Crippen LogP contribution is 2.14. The lowest BCUT2D eigenvalue weighted by Gasteiger charge is -2.31. The average molecular weight is 453 g/mol. The minimum Gasteiger partial charge on any atom is -1.00 e. The summed E-state index contributed by atoms with van der Waals surface area (Å²) in [6, 6.07) is 16.5. The van der Waals surface area contributed by atoms with Crippen LogP contribution in [-0.2, 0) is 4.74 Å². The fourth-order valence-electron chi connectivity index (χ4n) is 4.03. The zero-order chi connectivity index (χ0) is 19.9. The number of methoxy groups -OCH3 is 1. The van der Waals surface area contributed by atoms with Gasteiger partial charge in [0, 0.05) is 12.7 Å². The molecule has 3 rings (SSSR count). The predicted octanol–water partition coefficient (Wildman–Crippen LogP) is -4.94. The number of Topliss-reactive ketones (excluding diaryl/α,β-unsaturated/α-hetero) is 1. The molecule has 0 saturated carbocycles. The van der Waals surface area contributed by atoms with E-state index in [9.17, 15) is 4.79 Å². The molecule has 1 heterocycles. The summed E-state index contributed by atoms with van der Waals surface area (Å²) in [5.74, 6) is 0.272. The van der Waals surface area contributed by atoms with Gasteiger partial charge < -0.3 is 39.4 Å². The standard InChI is InChI=1S/C24H32N2O2.2ClH/c1-19-9-10-22(17-20(19)2)23(27)11-12-25-13-15-26(16-14-25)18-24(28-3)21-7-5-4-6-8-21;;/h4-10,17,24H,11-16,18H2,1-3H3;2*1H. The molecule has 0 radical (unpaired) electrons. The second-order valence-electron chi connectivity index (χ2n) is 8.06. The van der Waals surface area contributed by atoms with Crippen LogP contribution in [0.4, 0.5) is 0 Å². The SMILES string of the molecule is COC(C[NH+]1CC[NH+](CCC(=O)c2ccc(C)c(C)c2)CC1)c1ccccc1.[Cl-].[Cl-]. The Bertz CT molecular complexity index is 778. The Balaban J connectivity index is 0.00000225. The minimum absolute atomic E-state index is 0. The van der Waals surface area contributed by atoms with Gasteiger partial charge in [0.2, 0.25) is 0 Å². The summed E-state index contributed by atoms with van der Waals surface area (Å²) in [7, 11) is 1.80. The summed E-state index contributed by atoms with van der Waals surface area (Å²) in [6.07, 6.45) is 0.793. The molecule has 4 nitrogen and oxygen atoms in total. The van der Waals surface area contributed by atoms with E-state index in [1.165, 1.54) is 16.7 Å². The molecule has 0 aromatic heterocycles. The number of quaternary nitrogens is 2. The minimum atomic E-state index is 0. The van der Waals surface area contributed by atoms with Crippen molar-refractivity contribution in [3.8, 4) is 0 Å². The normalized spacial score (nSPS) is 19.3. The van der Waals surface area contributed by atoms with Crippen molar-refractivity contribution in [1.82, 2.24) is 0 Å². The van der Waals surface area contributed by atoms with Crippen molar-refractivity contribution in [2.75, 3.05) is 46.4 Å². The largest absolute Gasteiger partial charge is 1.00 e. The number of rotatable bonds is 8. The average Bonchev–Trinajstić information content (AvgIpc) is 2.73. The van der Waals surface area contributed by atoms with Crippen molar-refractivity contribution >= 4 is 5.78 Å². The van der Waals surface area contributed by atoms with Crippen LogP contribution >= 0.6 is 0 Å². The van der Waals surface area contributed by atoms with Crippen molar-refractivity contribution in [3.63, 3.8) is 0 Å². The Hall–Kier alpha value is -1.43. The second-order valence-corrected chi connectivity index (χ2v) is 8.06. The summed E-state index contributed by atoms with van der Waals surface area (Å²) in [6.45, 7) is 10.6. The number of carbonyl (C=O) groups is 1. The van der Waals surface area contributed by atoms with Crippen LogP contribution in [-0.4, -0.2) is 52.2 Å². The first-order valence-corrected chi connectivity index (χ1v) is 10.4. The van der Waals surface area contributed by atoms with E-state index in [4.69, 9.17) is 4.74 Å². The number of nitrogens with one attached hydrogen (secondary N) is 2. The molecule has 6 heteroatoms. The van der Waals surface area contributed by atoms with Crippen LogP contribution < -0.4 is 34.6 Å². The lowest BCUT2D eigenvalue weighted by atomic mass is 10.0. The smallest absolute Gasteiger partial charge is 0.168 e. The first-order chi connectivity index (χ1) is 13.6. The van der Waals surface area contributed by atoms with Gasteiger partial charge in [0.05, 0.1) is 13.0 Å².